The van der Waals surface area contributed by atoms with Crippen LogP contribution in [0.25, 0.3) is 0 Å². The van der Waals surface area contributed by atoms with Gasteiger partial charge < -0.3 is 11.1 Å². The summed E-state index contributed by atoms with van der Waals surface area (Å²) in [6.07, 6.45) is 0. The van der Waals surface area contributed by atoms with E-state index in [1.54, 1.807) is 0 Å². The molecule has 0 aliphatic carbocycles. The normalized spacial score (nSPS) is 10.2. The van der Waals surface area contributed by atoms with Crippen molar-refractivity contribution in [2.75, 3.05) is 5.32 Å². The second kappa shape index (κ2) is 5.84. The molecule has 88 valence electrons. The summed E-state index contributed by atoms with van der Waals surface area (Å²) in [5.74, 6) is 0. The van der Waals surface area contributed by atoms with Gasteiger partial charge in [0, 0.05) is 23.2 Å². The van der Waals surface area contributed by atoms with Gasteiger partial charge in [-0.05, 0) is 39.2 Å². The molecule has 0 aliphatic rings. The minimum atomic E-state index is 0.586. The monoisotopic (exact) mass is 290 g/mol. The first-order valence-corrected chi connectivity index (χ1v) is 6.35. The van der Waals surface area contributed by atoms with Crippen LogP contribution in [-0.4, -0.2) is 0 Å². The Morgan fingerprint density at radius 1 is 1.00 bits per heavy atom. The highest BCUT2D eigenvalue weighted by Gasteiger charge is 1.98. The van der Waals surface area contributed by atoms with Crippen LogP contribution in [0, 0.1) is 0 Å². The molecule has 0 fully saturated rings. The summed E-state index contributed by atoms with van der Waals surface area (Å²) >= 11 is 3.52. The Balaban J connectivity index is 2.05. The van der Waals surface area contributed by atoms with Gasteiger partial charge in [-0.1, -0.05) is 36.4 Å². The Labute approximate surface area is 110 Å². The molecule has 0 unspecified atom stereocenters. The molecule has 0 saturated heterocycles. The zero-order valence-electron chi connectivity index (χ0n) is 9.49. The molecule has 2 nitrogen and oxygen atoms in total. The van der Waals surface area contributed by atoms with Crippen LogP contribution in [0.1, 0.15) is 11.1 Å². The number of para-hydroxylation sites is 1. The van der Waals surface area contributed by atoms with Crippen molar-refractivity contribution in [1.29, 1.82) is 0 Å². The number of anilines is 1. The van der Waals surface area contributed by atoms with Crippen LogP contribution in [0.4, 0.5) is 5.69 Å². The highest BCUT2D eigenvalue weighted by Crippen LogP contribution is 2.21. The third-order valence-electron chi connectivity index (χ3n) is 2.58. The number of nitrogens with two attached hydrogens (primary N) is 1. The van der Waals surface area contributed by atoms with Gasteiger partial charge in [0.1, 0.15) is 0 Å². The van der Waals surface area contributed by atoms with E-state index in [1.807, 2.05) is 30.3 Å². The lowest BCUT2D eigenvalue weighted by molar-refractivity contribution is 1.05. The highest BCUT2D eigenvalue weighted by atomic mass is 79.9. The Morgan fingerprint density at radius 3 is 2.53 bits per heavy atom. The summed E-state index contributed by atoms with van der Waals surface area (Å²) < 4.78 is 1.08. The van der Waals surface area contributed by atoms with Crippen molar-refractivity contribution in [2.24, 2.45) is 5.73 Å². The van der Waals surface area contributed by atoms with Crippen LogP contribution < -0.4 is 11.1 Å². The molecule has 0 saturated carbocycles. The van der Waals surface area contributed by atoms with E-state index in [9.17, 15) is 0 Å². The van der Waals surface area contributed by atoms with Crippen LogP contribution in [-0.2, 0) is 13.1 Å². The van der Waals surface area contributed by atoms with Crippen molar-refractivity contribution in [1.82, 2.24) is 0 Å². The van der Waals surface area contributed by atoms with Crippen molar-refractivity contribution in [3.05, 3.63) is 64.1 Å². The quantitative estimate of drug-likeness (QED) is 0.904. The smallest absolute Gasteiger partial charge is 0.0487 e. The van der Waals surface area contributed by atoms with E-state index in [2.05, 4.69) is 39.4 Å². The maximum absolute atomic E-state index is 5.62. The maximum atomic E-state index is 5.62. The van der Waals surface area contributed by atoms with Gasteiger partial charge in [-0.15, -0.1) is 0 Å². The number of benzene rings is 2. The van der Waals surface area contributed by atoms with Gasteiger partial charge in [-0.2, -0.15) is 0 Å². The van der Waals surface area contributed by atoms with Crippen molar-refractivity contribution in [3.8, 4) is 0 Å². The standard InChI is InChI=1S/C14H15BrN2/c15-13-6-1-2-7-14(13)17-10-12-5-3-4-11(8-12)9-16/h1-8,17H,9-10,16H2. The van der Waals surface area contributed by atoms with Gasteiger partial charge >= 0.3 is 0 Å². The van der Waals surface area contributed by atoms with Gasteiger partial charge in [0.25, 0.3) is 0 Å². The zero-order valence-corrected chi connectivity index (χ0v) is 11.1. The number of halogens is 1. The molecular weight excluding hydrogens is 276 g/mol. The molecule has 17 heavy (non-hydrogen) atoms. The molecule has 0 aliphatic heterocycles. The summed E-state index contributed by atoms with van der Waals surface area (Å²) in [7, 11) is 0. The molecule has 0 bridgehead atoms. The largest absolute Gasteiger partial charge is 0.380 e. The third kappa shape index (κ3) is 3.32. The lowest BCUT2D eigenvalue weighted by Gasteiger charge is -2.09. The molecular formula is C14H15BrN2. The van der Waals surface area contributed by atoms with Gasteiger partial charge in [-0.3, -0.25) is 0 Å². The average Bonchev–Trinajstić information content (AvgIpc) is 2.38. The van der Waals surface area contributed by atoms with Crippen LogP contribution in [0.15, 0.2) is 53.0 Å². The van der Waals surface area contributed by atoms with E-state index in [-0.39, 0.29) is 0 Å². The minimum absolute atomic E-state index is 0.586. The van der Waals surface area contributed by atoms with E-state index in [0.717, 1.165) is 22.3 Å². The predicted octanol–water partition coefficient (Wildman–Crippen LogP) is 3.52. The SMILES string of the molecule is NCc1cccc(CNc2ccccc2Br)c1. The number of hydrogen-bond acceptors (Lipinski definition) is 2. The molecule has 0 amide bonds. The molecule has 0 radical (unpaired) electrons. The Kier molecular flexibility index (Phi) is 4.18. The molecule has 2 rings (SSSR count). The van der Waals surface area contributed by atoms with Crippen LogP contribution >= 0.6 is 15.9 Å². The van der Waals surface area contributed by atoms with Gasteiger partial charge in [0.2, 0.25) is 0 Å². The van der Waals surface area contributed by atoms with Gasteiger partial charge in [0.15, 0.2) is 0 Å². The summed E-state index contributed by atoms with van der Waals surface area (Å²) in [4.78, 5) is 0. The summed E-state index contributed by atoms with van der Waals surface area (Å²) in [6.45, 7) is 1.39. The van der Waals surface area contributed by atoms with Crippen molar-refractivity contribution < 1.29 is 0 Å². The predicted molar refractivity (Wildman–Crippen MR) is 75.8 cm³/mol. The first-order valence-electron chi connectivity index (χ1n) is 5.56. The molecule has 2 aromatic carbocycles. The van der Waals surface area contributed by atoms with Crippen LogP contribution in [0.2, 0.25) is 0 Å². The molecule has 0 atom stereocenters. The summed E-state index contributed by atoms with van der Waals surface area (Å²) in [6, 6.07) is 16.4. The van der Waals surface area contributed by atoms with E-state index in [0.29, 0.717) is 6.54 Å². The number of hydrogen-bond donors (Lipinski definition) is 2. The topological polar surface area (TPSA) is 38.0 Å². The fraction of sp³-hybridized carbons (Fsp3) is 0.143. The Morgan fingerprint density at radius 2 is 1.76 bits per heavy atom. The molecule has 3 heteroatoms. The lowest BCUT2D eigenvalue weighted by atomic mass is 10.1. The van der Waals surface area contributed by atoms with E-state index < -0.39 is 0 Å². The van der Waals surface area contributed by atoms with E-state index >= 15 is 0 Å². The highest BCUT2D eigenvalue weighted by molar-refractivity contribution is 9.10. The Hall–Kier alpha value is -1.32. The zero-order chi connectivity index (χ0) is 12.1. The average molecular weight is 291 g/mol. The third-order valence-corrected chi connectivity index (χ3v) is 3.28. The minimum Gasteiger partial charge on any atom is -0.380 e. The van der Waals surface area contributed by atoms with E-state index in [4.69, 9.17) is 5.73 Å². The summed E-state index contributed by atoms with van der Waals surface area (Å²) in [5, 5.41) is 3.39. The molecule has 2 aromatic rings. The molecule has 0 spiro atoms. The van der Waals surface area contributed by atoms with Crippen molar-refractivity contribution in [2.45, 2.75) is 13.1 Å². The first-order chi connectivity index (χ1) is 8.29. The number of nitrogens with one attached hydrogen (secondary N) is 1. The van der Waals surface area contributed by atoms with Crippen LogP contribution in [0.3, 0.4) is 0 Å². The summed E-state index contributed by atoms with van der Waals surface area (Å²) in [5.41, 5.74) is 9.13. The lowest BCUT2D eigenvalue weighted by Crippen LogP contribution is -2.02. The molecule has 0 heterocycles. The molecule has 0 aromatic heterocycles. The maximum Gasteiger partial charge on any atom is 0.0487 e. The van der Waals surface area contributed by atoms with Gasteiger partial charge in [0.05, 0.1) is 0 Å². The van der Waals surface area contributed by atoms with E-state index in [1.165, 1.54) is 5.56 Å². The second-order valence-corrected chi connectivity index (χ2v) is 4.71. The molecule has 3 N–H and O–H groups in total. The number of rotatable bonds is 4. The second-order valence-electron chi connectivity index (χ2n) is 3.86. The van der Waals surface area contributed by atoms with Gasteiger partial charge in [-0.25, -0.2) is 0 Å². The fourth-order valence-corrected chi connectivity index (χ4v) is 2.09. The van der Waals surface area contributed by atoms with Crippen molar-refractivity contribution in [3.63, 3.8) is 0 Å². The van der Waals surface area contributed by atoms with Crippen molar-refractivity contribution >= 4 is 21.6 Å². The first kappa shape index (κ1) is 12.1. The fourth-order valence-electron chi connectivity index (χ4n) is 1.67. The Bertz CT molecular complexity index is 497. The van der Waals surface area contributed by atoms with Crippen LogP contribution in [0.5, 0.6) is 0 Å².